The summed E-state index contributed by atoms with van der Waals surface area (Å²) < 4.78 is 58.3. The van der Waals surface area contributed by atoms with Crippen LogP contribution >= 0.6 is 0 Å². The van der Waals surface area contributed by atoms with Gasteiger partial charge in [0.2, 0.25) is 0 Å². The van der Waals surface area contributed by atoms with Crippen LogP contribution in [0.15, 0.2) is 22.8 Å². The lowest BCUT2D eigenvalue weighted by molar-refractivity contribution is 0.346. The van der Waals surface area contributed by atoms with Crippen molar-refractivity contribution in [2.24, 2.45) is 0 Å². The zero-order chi connectivity index (χ0) is 39.2. The predicted molar refractivity (Wildman–Crippen MR) is 212 cm³/mol. The van der Waals surface area contributed by atoms with Crippen LogP contribution in [0.3, 0.4) is 0 Å². The maximum atomic E-state index is 6.59. The van der Waals surface area contributed by atoms with E-state index < -0.39 is 13.1 Å². The topological polar surface area (TPSA) is 83.1 Å². The summed E-state index contributed by atoms with van der Waals surface area (Å²) in [6, 6.07) is 0. The van der Waals surface area contributed by atoms with Gasteiger partial charge >= 0.3 is 0 Å². The zero-order valence-electron chi connectivity index (χ0n) is 34.8. The highest BCUT2D eigenvalue weighted by Gasteiger charge is 2.65. The van der Waals surface area contributed by atoms with Gasteiger partial charge in [0.05, 0.1) is 64.0 Å². The van der Waals surface area contributed by atoms with Crippen LogP contribution in [-0.2, 0) is 0 Å². The number of rotatable bonds is 13. The number of ether oxygens (including phenoxy) is 9. The van der Waals surface area contributed by atoms with Crippen molar-refractivity contribution in [1.29, 1.82) is 0 Å². The van der Waals surface area contributed by atoms with E-state index >= 15 is 0 Å². The molecule has 0 saturated carbocycles. The highest BCUT2D eigenvalue weighted by molar-refractivity contribution is 7.16. The Kier molecular flexibility index (Phi) is 11.5. The number of hydrogen-bond acceptors (Lipinski definition) is 9. The van der Waals surface area contributed by atoms with E-state index in [1.165, 1.54) is 5.57 Å². The Hall–Kier alpha value is -4.44. The van der Waals surface area contributed by atoms with Crippen molar-refractivity contribution >= 4 is 23.6 Å². The molecule has 1 aliphatic rings. The second-order valence-corrected chi connectivity index (χ2v) is 17.7. The molecule has 0 aromatic heterocycles. The lowest BCUT2D eigenvalue weighted by Crippen LogP contribution is -2.74. The van der Waals surface area contributed by atoms with Crippen LogP contribution in [0, 0.1) is 41.5 Å². The minimum Gasteiger partial charge on any atom is -0.496 e. The average Bonchev–Trinajstić information content (AvgIpc) is 3.34. The molecule has 9 nitrogen and oxygen atoms in total. The molecule has 0 heterocycles. The molecule has 3 aromatic rings. The Morgan fingerprint density at radius 3 is 0.788 bits per heavy atom. The maximum Gasteiger partial charge on any atom is 0.190 e. The van der Waals surface area contributed by atoms with Gasteiger partial charge in [-0.2, -0.15) is 0 Å². The summed E-state index contributed by atoms with van der Waals surface area (Å²) >= 11 is 0. The molecular weight excluding hydrogens is 677 g/mol. The lowest BCUT2D eigenvalue weighted by atomic mass is 10.0. The summed E-state index contributed by atoms with van der Waals surface area (Å²) in [5.41, 5.74) is 8.85. The third kappa shape index (κ3) is 5.23. The number of hydrogen-bond donors (Lipinski definition) is 0. The molecular formula is C42H58O9Si. The third-order valence-corrected chi connectivity index (χ3v) is 17.6. The minimum atomic E-state index is -4.09. The van der Waals surface area contributed by atoms with Gasteiger partial charge in [0, 0.05) is 37.3 Å². The Bertz CT molecular complexity index is 1790. The van der Waals surface area contributed by atoms with E-state index in [1.54, 1.807) is 64.0 Å². The zero-order valence-corrected chi connectivity index (χ0v) is 35.8. The Labute approximate surface area is 311 Å². The molecule has 1 atom stereocenters. The first-order valence-electron chi connectivity index (χ1n) is 17.3. The van der Waals surface area contributed by atoms with Crippen LogP contribution in [0.2, 0.25) is 5.04 Å². The molecule has 0 fully saturated rings. The van der Waals surface area contributed by atoms with Crippen LogP contribution in [0.25, 0.3) is 0 Å². The first kappa shape index (κ1) is 40.3. The standard InChI is InChI=1S/C42H58O9Si/c1-21-20-42(10,29(9)22(21)2)52(39-33(46-14)26(6)23(3)30(43-11)36(39)49-17,40-34(47-15)27(7)24(4)31(44-12)37(40)50-18)41-35(48-16)28(8)25(5)32(45-13)38(41)51-19/h20H,1-19H3. The quantitative estimate of drug-likeness (QED) is 0.135. The Morgan fingerprint density at radius 1 is 0.365 bits per heavy atom. The first-order chi connectivity index (χ1) is 24.6. The van der Waals surface area contributed by atoms with Crippen molar-refractivity contribution in [3.05, 3.63) is 56.2 Å². The van der Waals surface area contributed by atoms with E-state index in [0.29, 0.717) is 51.7 Å². The Balaban J connectivity index is 2.80. The van der Waals surface area contributed by atoms with Gasteiger partial charge in [0.15, 0.2) is 42.6 Å². The number of methoxy groups -OCH3 is 9. The smallest absolute Gasteiger partial charge is 0.190 e. The summed E-state index contributed by atoms with van der Waals surface area (Å²) in [6.45, 7) is 21.0. The van der Waals surface area contributed by atoms with Crippen molar-refractivity contribution in [2.75, 3.05) is 64.0 Å². The van der Waals surface area contributed by atoms with Crippen molar-refractivity contribution in [2.45, 2.75) is 74.3 Å². The maximum absolute atomic E-state index is 6.59. The Morgan fingerprint density at radius 2 is 0.596 bits per heavy atom. The van der Waals surface area contributed by atoms with E-state index in [2.05, 4.69) is 54.5 Å². The van der Waals surface area contributed by atoms with Gasteiger partial charge in [-0.05, 0) is 84.6 Å². The van der Waals surface area contributed by atoms with E-state index in [-0.39, 0.29) is 0 Å². The molecule has 52 heavy (non-hydrogen) atoms. The van der Waals surface area contributed by atoms with Crippen LogP contribution < -0.4 is 58.2 Å². The molecule has 284 valence electrons. The summed E-state index contributed by atoms with van der Waals surface area (Å²) in [7, 11) is 11.0. The highest BCUT2D eigenvalue weighted by atomic mass is 28.3. The molecule has 10 heteroatoms. The van der Waals surface area contributed by atoms with Crippen molar-refractivity contribution in [1.82, 2.24) is 0 Å². The van der Waals surface area contributed by atoms with Crippen LogP contribution in [0.1, 0.15) is 61.1 Å². The molecule has 0 bridgehead atoms. The molecule has 1 unspecified atom stereocenters. The summed E-state index contributed by atoms with van der Waals surface area (Å²) in [5, 5.41) is 1.58. The van der Waals surface area contributed by atoms with Crippen molar-refractivity contribution in [3.63, 3.8) is 0 Å². The van der Waals surface area contributed by atoms with Crippen LogP contribution in [0.4, 0.5) is 0 Å². The van der Waals surface area contributed by atoms with Gasteiger partial charge in [-0.1, -0.05) is 24.1 Å². The fourth-order valence-electron chi connectivity index (χ4n) is 8.73. The largest absolute Gasteiger partial charge is 0.496 e. The van der Waals surface area contributed by atoms with Gasteiger partial charge in [-0.25, -0.2) is 0 Å². The van der Waals surface area contributed by atoms with Crippen molar-refractivity contribution in [3.8, 4) is 51.7 Å². The van der Waals surface area contributed by atoms with E-state index in [4.69, 9.17) is 42.6 Å². The third-order valence-electron chi connectivity index (χ3n) is 11.9. The molecule has 3 aromatic carbocycles. The normalized spacial score (nSPS) is 15.7. The molecule has 0 N–H and O–H groups in total. The molecule has 0 saturated heterocycles. The van der Waals surface area contributed by atoms with E-state index in [0.717, 1.165) is 60.1 Å². The average molecular weight is 735 g/mol. The first-order valence-corrected chi connectivity index (χ1v) is 19.3. The predicted octanol–water partition coefficient (Wildman–Crippen LogP) is 7.14. The highest BCUT2D eigenvalue weighted by Crippen LogP contribution is 2.59. The number of benzene rings is 3. The molecule has 0 amide bonds. The fraction of sp³-hybridized carbons (Fsp3) is 0.476. The van der Waals surface area contributed by atoms with Gasteiger partial charge in [0.1, 0.15) is 17.2 Å². The van der Waals surface area contributed by atoms with Crippen LogP contribution in [-0.4, -0.2) is 72.1 Å². The van der Waals surface area contributed by atoms with Gasteiger partial charge in [-0.15, -0.1) is 0 Å². The van der Waals surface area contributed by atoms with Crippen LogP contribution in [0.5, 0.6) is 51.7 Å². The second-order valence-electron chi connectivity index (χ2n) is 13.7. The number of allylic oxidation sites excluding steroid dienone is 4. The second kappa shape index (κ2) is 14.9. The van der Waals surface area contributed by atoms with E-state index in [9.17, 15) is 0 Å². The van der Waals surface area contributed by atoms with Crippen molar-refractivity contribution < 1.29 is 42.6 Å². The molecule has 0 radical (unpaired) electrons. The van der Waals surface area contributed by atoms with E-state index in [1.807, 2.05) is 20.8 Å². The van der Waals surface area contributed by atoms with Gasteiger partial charge < -0.3 is 42.6 Å². The summed E-state index contributed by atoms with van der Waals surface area (Å²) in [5.74, 6) is 5.31. The summed E-state index contributed by atoms with van der Waals surface area (Å²) in [4.78, 5) is 0. The molecule has 0 spiro atoms. The molecule has 1 aliphatic carbocycles. The fourth-order valence-corrected chi connectivity index (χ4v) is 15.8. The minimum absolute atomic E-state index is 0.529. The van der Waals surface area contributed by atoms with Gasteiger partial charge in [-0.3, -0.25) is 0 Å². The SMILES string of the molecule is COc1c(C)c(C)c(OC)c([Si](c2c(OC)c(C)c(C)c(OC)c2OC)(c2c(OC)c(C)c(C)c(OC)c2OC)C2(C)C=C(C)C(C)=C2C)c1OC. The molecule has 0 aliphatic heterocycles. The summed E-state index contributed by atoms with van der Waals surface area (Å²) in [6.07, 6.45) is 2.37. The van der Waals surface area contributed by atoms with Gasteiger partial charge in [0.25, 0.3) is 0 Å². The molecule has 4 rings (SSSR count). The lowest BCUT2D eigenvalue weighted by Gasteiger charge is -2.49. The monoisotopic (exact) mass is 734 g/mol.